The molecule has 0 spiro atoms. The van der Waals surface area contributed by atoms with E-state index in [4.69, 9.17) is 4.74 Å². The number of hydrogen-bond donors (Lipinski definition) is 2. The summed E-state index contributed by atoms with van der Waals surface area (Å²) >= 11 is 0. The first kappa shape index (κ1) is 17.5. The maximum Gasteiger partial charge on any atom is 0.227 e. The van der Waals surface area contributed by atoms with Crippen molar-refractivity contribution in [1.29, 1.82) is 0 Å². The third kappa shape index (κ3) is 4.81. The lowest BCUT2D eigenvalue weighted by Crippen LogP contribution is -2.43. The van der Waals surface area contributed by atoms with Crippen LogP contribution in [0.3, 0.4) is 0 Å². The maximum absolute atomic E-state index is 12.3. The third-order valence-electron chi connectivity index (χ3n) is 4.40. The van der Waals surface area contributed by atoms with Gasteiger partial charge in [0, 0.05) is 19.6 Å². The predicted molar refractivity (Wildman–Crippen MR) is 97.5 cm³/mol. The van der Waals surface area contributed by atoms with Crippen molar-refractivity contribution >= 4 is 11.6 Å². The van der Waals surface area contributed by atoms with E-state index in [0.717, 1.165) is 25.2 Å². The molecule has 1 amide bonds. The van der Waals surface area contributed by atoms with E-state index in [0.29, 0.717) is 12.3 Å². The first-order chi connectivity index (χ1) is 12.1. The first-order valence-electron chi connectivity index (χ1n) is 8.58. The standard InChI is InChI=1S/C20H24N2O3/c1-15-6-5-9-18(23)20(15)21-19(24)12-17-14-22(10-11-25-17)13-16-7-3-2-4-8-16/h2-9,17,23H,10-14H2,1H3,(H,21,24). The van der Waals surface area contributed by atoms with Gasteiger partial charge >= 0.3 is 0 Å². The van der Waals surface area contributed by atoms with Gasteiger partial charge in [-0.1, -0.05) is 42.5 Å². The number of ether oxygens (including phenoxy) is 1. The molecule has 0 aliphatic carbocycles. The molecule has 0 bridgehead atoms. The van der Waals surface area contributed by atoms with Crippen molar-refractivity contribution in [1.82, 2.24) is 4.90 Å². The highest BCUT2D eigenvalue weighted by Gasteiger charge is 2.23. The number of para-hydroxylation sites is 1. The number of phenols is 1. The molecule has 25 heavy (non-hydrogen) atoms. The molecule has 0 radical (unpaired) electrons. The lowest BCUT2D eigenvalue weighted by Gasteiger charge is -2.32. The summed E-state index contributed by atoms with van der Waals surface area (Å²) < 4.78 is 5.75. The minimum Gasteiger partial charge on any atom is -0.506 e. The Labute approximate surface area is 148 Å². The number of nitrogens with zero attached hydrogens (tertiary/aromatic N) is 1. The van der Waals surface area contributed by atoms with Gasteiger partial charge in [0.05, 0.1) is 24.8 Å². The van der Waals surface area contributed by atoms with Crippen molar-refractivity contribution in [2.45, 2.75) is 26.0 Å². The molecule has 1 saturated heterocycles. The van der Waals surface area contributed by atoms with Gasteiger partial charge in [-0.25, -0.2) is 0 Å². The number of carbonyl (C=O) groups is 1. The molecule has 2 N–H and O–H groups in total. The van der Waals surface area contributed by atoms with Crippen LogP contribution in [-0.4, -0.2) is 41.7 Å². The minimum absolute atomic E-state index is 0.0867. The van der Waals surface area contributed by atoms with Crippen molar-refractivity contribution in [3.63, 3.8) is 0 Å². The minimum atomic E-state index is -0.142. The fraction of sp³-hybridized carbons (Fsp3) is 0.350. The molecule has 0 aromatic heterocycles. The summed E-state index contributed by atoms with van der Waals surface area (Å²) in [6.45, 7) is 4.93. The van der Waals surface area contributed by atoms with Crippen LogP contribution in [0.2, 0.25) is 0 Å². The molecule has 1 aliphatic heterocycles. The SMILES string of the molecule is Cc1cccc(O)c1NC(=O)CC1CN(Cc2ccccc2)CCO1. The number of carbonyl (C=O) groups excluding carboxylic acids is 1. The number of morpholine rings is 1. The number of anilines is 1. The number of rotatable bonds is 5. The van der Waals surface area contributed by atoms with E-state index in [1.54, 1.807) is 12.1 Å². The molecule has 5 nitrogen and oxygen atoms in total. The molecule has 1 heterocycles. The Bertz CT molecular complexity index is 698. The number of benzene rings is 2. The normalized spacial score (nSPS) is 18.0. The molecule has 5 heteroatoms. The predicted octanol–water partition coefficient (Wildman–Crippen LogP) is 2.93. The van der Waals surface area contributed by atoms with Crippen molar-refractivity contribution in [2.75, 3.05) is 25.0 Å². The van der Waals surface area contributed by atoms with Crippen molar-refractivity contribution in [3.05, 3.63) is 59.7 Å². The summed E-state index contributed by atoms with van der Waals surface area (Å²) in [5.74, 6) is -0.0558. The fourth-order valence-electron chi connectivity index (χ4n) is 3.10. The summed E-state index contributed by atoms with van der Waals surface area (Å²) in [4.78, 5) is 14.6. The van der Waals surface area contributed by atoms with Crippen LogP contribution >= 0.6 is 0 Å². The number of aromatic hydroxyl groups is 1. The summed E-state index contributed by atoms with van der Waals surface area (Å²) in [5.41, 5.74) is 2.57. The Balaban J connectivity index is 1.54. The van der Waals surface area contributed by atoms with Crippen molar-refractivity contribution in [2.24, 2.45) is 0 Å². The molecule has 1 aliphatic rings. The van der Waals surface area contributed by atoms with Crippen LogP contribution in [0, 0.1) is 6.92 Å². The Morgan fingerprint density at radius 1 is 1.24 bits per heavy atom. The Morgan fingerprint density at radius 3 is 2.80 bits per heavy atom. The fourth-order valence-corrected chi connectivity index (χ4v) is 3.10. The molecular formula is C20H24N2O3. The van der Waals surface area contributed by atoms with Crippen molar-refractivity contribution in [3.8, 4) is 5.75 Å². The summed E-state index contributed by atoms with van der Waals surface area (Å²) in [6, 6.07) is 15.5. The van der Waals surface area contributed by atoms with Crippen LogP contribution in [0.15, 0.2) is 48.5 Å². The van der Waals surface area contributed by atoms with E-state index in [-0.39, 0.29) is 24.2 Å². The molecule has 3 rings (SSSR count). The Kier molecular flexibility index (Phi) is 5.68. The van der Waals surface area contributed by atoms with Gasteiger partial charge in [-0.2, -0.15) is 0 Å². The zero-order chi connectivity index (χ0) is 17.6. The van der Waals surface area contributed by atoms with Gasteiger partial charge in [-0.3, -0.25) is 9.69 Å². The van der Waals surface area contributed by atoms with Gasteiger partial charge < -0.3 is 15.2 Å². The Morgan fingerprint density at radius 2 is 2.04 bits per heavy atom. The van der Waals surface area contributed by atoms with Crippen molar-refractivity contribution < 1.29 is 14.6 Å². The largest absolute Gasteiger partial charge is 0.506 e. The number of hydrogen-bond acceptors (Lipinski definition) is 4. The molecule has 0 saturated carbocycles. The van der Waals surface area contributed by atoms with Gasteiger partial charge in [-0.05, 0) is 24.1 Å². The molecule has 1 unspecified atom stereocenters. The monoisotopic (exact) mass is 340 g/mol. The lowest BCUT2D eigenvalue weighted by molar-refractivity contribution is -0.121. The smallest absolute Gasteiger partial charge is 0.227 e. The highest BCUT2D eigenvalue weighted by molar-refractivity contribution is 5.93. The van der Waals surface area contributed by atoms with Crippen LogP contribution in [0.5, 0.6) is 5.75 Å². The van der Waals surface area contributed by atoms with Crippen LogP contribution in [0.25, 0.3) is 0 Å². The van der Waals surface area contributed by atoms with Crippen LogP contribution in [0.1, 0.15) is 17.5 Å². The van der Waals surface area contributed by atoms with Gasteiger partial charge in [-0.15, -0.1) is 0 Å². The molecule has 1 fully saturated rings. The number of phenolic OH excluding ortho intramolecular Hbond substituents is 1. The number of amides is 1. The Hall–Kier alpha value is -2.37. The zero-order valence-corrected chi connectivity index (χ0v) is 14.4. The van der Waals surface area contributed by atoms with E-state index >= 15 is 0 Å². The van der Waals surface area contributed by atoms with E-state index in [1.165, 1.54) is 5.56 Å². The van der Waals surface area contributed by atoms with Gasteiger partial charge in [0.1, 0.15) is 5.75 Å². The van der Waals surface area contributed by atoms with Gasteiger partial charge in [0.2, 0.25) is 5.91 Å². The van der Waals surface area contributed by atoms with Gasteiger partial charge in [0.25, 0.3) is 0 Å². The average Bonchev–Trinajstić information content (AvgIpc) is 2.59. The third-order valence-corrected chi connectivity index (χ3v) is 4.40. The number of aryl methyl sites for hydroxylation is 1. The second kappa shape index (κ2) is 8.14. The second-order valence-electron chi connectivity index (χ2n) is 6.43. The molecule has 2 aromatic rings. The van der Waals surface area contributed by atoms with E-state index < -0.39 is 0 Å². The summed E-state index contributed by atoms with van der Waals surface area (Å²) in [7, 11) is 0. The first-order valence-corrected chi connectivity index (χ1v) is 8.58. The van der Waals surface area contributed by atoms with Gasteiger partial charge in [0.15, 0.2) is 0 Å². The zero-order valence-electron chi connectivity index (χ0n) is 14.4. The maximum atomic E-state index is 12.3. The lowest BCUT2D eigenvalue weighted by atomic mass is 10.1. The molecule has 1 atom stereocenters. The molecule has 2 aromatic carbocycles. The quantitative estimate of drug-likeness (QED) is 0.822. The van der Waals surface area contributed by atoms with Crippen LogP contribution < -0.4 is 5.32 Å². The topological polar surface area (TPSA) is 61.8 Å². The average molecular weight is 340 g/mol. The number of nitrogens with one attached hydrogen (secondary N) is 1. The summed E-state index contributed by atoms with van der Waals surface area (Å²) in [6.07, 6.45) is 0.141. The molecule has 132 valence electrons. The van der Waals surface area contributed by atoms with E-state index in [9.17, 15) is 9.90 Å². The summed E-state index contributed by atoms with van der Waals surface area (Å²) in [5, 5.41) is 12.7. The van der Waals surface area contributed by atoms with Crippen LogP contribution in [0.4, 0.5) is 5.69 Å². The van der Waals surface area contributed by atoms with E-state index in [1.807, 2.05) is 31.2 Å². The van der Waals surface area contributed by atoms with E-state index in [2.05, 4.69) is 22.3 Å². The highest BCUT2D eigenvalue weighted by atomic mass is 16.5. The highest BCUT2D eigenvalue weighted by Crippen LogP contribution is 2.26. The second-order valence-corrected chi connectivity index (χ2v) is 6.43. The van der Waals surface area contributed by atoms with Crippen LogP contribution in [-0.2, 0) is 16.1 Å². The molecular weight excluding hydrogens is 316 g/mol.